The van der Waals surface area contributed by atoms with Crippen molar-refractivity contribution in [2.45, 2.75) is 116 Å². The van der Waals surface area contributed by atoms with Gasteiger partial charge in [-0.1, -0.05) is 41.5 Å². The van der Waals surface area contributed by atoms with Crippen LogP contribution in [0.3, 0.4) is 0 Å². The zero-order valence-electron chi connectivity index (χ0n) is 22.4. The number of hydrogen-bond acceptors (Lipinski definition) is 5. The van der Waals surface area contributed by atoms with Gasteiger partial charge in [-0.05, 0) is 56.0 Å². The molecule has 0 aliphatic carbocycles. The topological polar surface area (TPSA) is 93.1 Å². The third-order valence-electron chi connectivity index (χ3n) is 8.51. The van der Waals surface area contributed by atoms with Gasteiger partial charge in [-0.3, -0.25) is 9.59 Å². The molecule has 2 heterocycles. The average Bonchev–Trinajstić information content (AvgIpc) is 2.85. The third kappa shape index (κ3) is 5.31. The van der Waals surface area contributed by atoms with Crippen LogP contribution in [0, 0.1) is 11.8 Å². The van der Waals surface area contributed by atoms with Crippen molar-refractivity contribution in [3.8, 4) is 0 Å². The number of carbonyl (C=O) groups excluding carboxylic acids is 2. The Kier molecular flexibility index (Phi) is 7.86. The van der Waals surface area contributed by atoms with E-state index in [1.807, 2.05) is 6.92 Å². The van der Waals surface area contributed by atoms with Crippen molar-refractivity contribution in [2.75, 3.05) is 6.61 Å². The molecule has 2 fully saturated rings. The number of fused-ring (bicyclic) bond motifs is 1. The molecular formula is C24H45NO6Si2. The van der Waals surface area contributed by atoms with Crippen molar-refractivity contribution < 1.29 is 28.3 Å². The molecule has 2 saturated heterocycles. The van der Waals surface area contributed by atoms with Gasteiger partial charge in [0.15, 0.2) is 28.5 Å². The maximum atomic E-state index is 13.1. The lowest BCUT2D eigenvalue weighted by Crippen LogP contribution is -2.67. The van der Waals surface area contributed by atoms with Crippen LogP contribution in [0.5, 0.6) is 0 Å². The fourth-order valence-corrected chi connectivity index (χ4v) is 6.92. The van der Waals surface area contributed by atoms with Gasteiger partial charge in [0, 0.05) is 12.5 Å². The highest BCUT2D eigenvalue weighted by atomic mass is 28.4. The van der Waals surface area contributed by atoms with Crippen molar-refractivity contribution >= 4 is 34.3 Å². The van der Waals surface area contributed by atoms with E-state index in [9.17, 15) is 19.5 Å². The fraction of sp³-hybridized carbons (Fsp3) is 0.875. The fourth-order valence-electron chi connectivity index (χ4n) is 4.40. The molecule has 1 amide bonds. The summed E-state index contributed by atoms with van der Waals surface area (Å²) in [5, 5.41) is 9.76. The van der Waals surface area contributed by atoms with Gasteiger partial charge in [-0.2, -0.15) is 0 Å². The number of hydrogen-bond donors (Lipinski definition) is 1. The van der Waals surface area contributed by atoms with Crippen LogP contribution < -0.4 is 0 Å². The Hall–Kier alpha value is -1.04. The number of carboxylic acid groups (broad SMARTS) is 1. The highest BCUT2D eigenvalue weighted by Gasteiger charge is 2.66. The molecule has 0 spiro atoms. The molecule has 0 aromatic carbocycles. The first-order valence-electron chi connectivity index (χ1n) is 12.1. The van der Waals surface area contributed by atoms with Gasteiger partial charge in [-0.25, -0.2) is 4.79 Å². The molecule has 0 unspecified atom stereocenters. The quantitative estimate of drug-likeness (QED) is 0.214. The number of carbonyl (C=O) groups is 3. The van der Waals surface area contributed by atoms with Gasteiger partial charge in [-0.15, -0.1) is 0 Å². The molecule has 0 radical (unpaired) electrons. The smallest absolute Gasteiger partial charge is 0.334 e. The summed E-state index contributed by atoms with van der Waals surface area (Å²) in [6.45, 7) is 24.1. The van der Waals surface area contributed by atoms with Crippen molar-refractivity contribution in [3.05, 3.63) is 0 Å². The second-order valence-corrected chi connectivity index (χ2v) is 22.4. The lowest BCUT2D eigenvalue weighted by molar-refractivity contribution is -0.171. The molecule has 1 N–H and O–H groups in total. The van der Waals surface area contributed by atoms with Crippen molar-refractivity contribution in [2.24, 2.45) is 11.8 Å². The van der Waals surface area contributed by atoms with E-state index in [-0.39, 0.29) is 27.9 Å². The summed E-state index contributed by atoms with van der Waals surface area (Å²) in [5.41, 5.74) is 0. The molecule has 0 saturated carbocycles. The predicted octanol–water partition coefficient (Wildman–Crippen LogP) is 4.68. The minimum absolute atomic E-state index is 0.0106. The van der Waals surface area contributed by atoms with Crippen LogP contribution in [0.4, 0.5) is 0 Å². The number of aliphatic carboxylic acids is 1. The molecule has 2 aliphatic heterocycles. The lowest BCUT2D eigenvalue weighted by atomic mass is 9.77. The first-order valence-corrected chi connectivity index (χ1v) is 18.0. The maximum Gasteiger partial charge on any atom is 0.334 e. The second-order valence-electron chi connectivity index (χ2n) is 12.8. The second kappa shape index (κ2) is 9.20. The predicted molar refractivity (Wildman–Crippen MR) is 134 cm³/mol. The minimum atomic E-state index is -2.12. The van der Waals surface area contributed by atoms with E-state index in [4.69, 9.17) is 8.85 Å². The van der Waals surface area contributed by atoms with Crippen molar-refractivity contribution in [3.63, 3.8) is 0 Å². The van der Waals surface area contributed by atoms with Crippen LogP contribution in [0.25, 0.3) is 0 Å². The maximum absolute atomic E-state index is 13.1. The summed E-state index contributed by atoms with van der Waals surface area (Å²) in [6.07, 6.45) is 0.832. The Morgan fingerprint density at radius 1 is 1.03 bits per heavy atom. The van der Waals surface area contributed by atoms with E-state index in [0.29, 0.717) is 19.4 Å². The number of amides is 1. The highest BCUT2D eigenvalue weighted by molar-refractivity contribution is 6.74. The number of Topliss-reactive ketones (excluding diaryl/α,β-unsaturated/α-hetero) is 1. The monoisotopic (exact) mass is 499 g/mol. The van der Waals surface area contributed by atoms with Gasteiger partial charge < -0.3 is 18.9 Å². The molecule has 33 heavy (non-hydrogen) atoms. The molecule has 0 aromatic heterocycles. The number of carboxylic acids is 1. The van der Waals surface area contributed by atoms with Gasteiger partial charge in [0.25, 0.3) is 0 Å². The summed E-state index contributed by atoms with van der Waals surface area (Å²) >= 11 is 0. The lowest BCUT2D eigenvalue weighted by Gasteiger charge is -2.50. The highest BCUT2D eigenvalue weighted by Crippen LogP contribution is 2.47. The molecule has 190 valence electrons. The summed E-state index contributed by atoms with van der Waals surface area (Å²) in [6, 6.07) is -1.77. The zero-order chi connectivity index (χ0) is 25.7. The molecule has 0 bridgehead atoms. The van der Waals surface area contributed by atoms with Crippen LogP contribution in [0.2, 0.25) is 36.3 Å². The molecule has 2 aliphatic rings. The van der Waals surface area contributed by atoms with E-state index in [0.717, 1.165) is 0 Å². The molecule has 2 rings (SSSR count). The Morgan fingerprint density at radius 3 is 2.00 bits per heavy atom. The van der Waals surface area contributed by atoms with Crippen LogP contribution >= 0.6 is 0 Å². The standard InChI is InChI=1S/C24H45NO6Si2/c1-15(31-33(10,11)24(5,6)7)17-18-16(13-12-14-30-32(8,9)23(2,3)4)20(26)19(22(28)29)25(18)21(17)27/h15-19H,12-14H2,1-11H3,(H,28,29)/t15-,16-,17-,18-,19-/m1/s1. The van der Waals surface area contributed by atoms with Gasteiger partial charge >= 0.3 is 5.97 Å². The zero-order valence-corrected chi connectivity index (χ0v) is 24.4. The molecule has 7 nitrogen and oxygen atoms in total. The summed E-state index contributed by atoms with van der Waals surface area (Å²) in [5.74, 6) is -2.82. The largest absolute Gasteiger partial charge is 0.479 e. The molecule has 0 aromatic rings. The normalized spacial score (nSPS) is 27.4. The summed E-state index contributed by atoms with van der Waals surface area (Å²) in [7, 11) is -4.01. The first kappa shape index (κ1) is 28.2. The van der Waals surface area contributed by atoms with Gasteiger partial charge in [0.2, 0.25) is 5.91 Å². The van der Waals surface area contributed by atoms with E-state index in [1.165, 1.54) is 4.90 Å². The number of ketones is 1. The van der Waals surface area contributed by atoms with Gasteiger partial charge in [0.1, 0.15) is 0 Å². The number of β-lactam (4-membered cyclic amide) rings is 1. The van der Waals surface area contributed by atoms with Crippen LogP contribution in [0.1, 0.15) is 61.3 Å². The van der Waals surface area contributed by atoms with E-state index in [1.54, 1.807) is 0 Å². The average molecular weight is 500 g/mol. The summed E-state index contributed by atoms with van der Waals surface area (Å²) in [4.78, 5) is 39.3. The summed E-state index contributed by atoms with van der Waals surface area (Å²) < 4.78 is 12.7. The first-order chi connectivity index (χ1) is 14.7. The Balaban J connectivity index is 2.15. The molecule has 9 heteroatoms. The Labute approximate surface area is 201 Å². The Morgan fingerprint density at radius 2 is 1.55 bits per heavy atom. The van der Waals surface area contributed by atoms with Crippen LogP contribution in [-0.4, -0.2) is 69.1 Å². The van der Waals surface area contributed by atoms with Crippen LogP contribution in [-0.2, 0) is 23.2 Å². The Bertz CT molecular complexity index is 783. The molecule has 5 atom stereocenters. The van der Waals surface area contributed by atoms with E-state index < -0.39 is 46.5 Å². The van der Waals surface area contributed by atoms with Gasteiger partial charge in [0.05, 0.1) is 18.1 Å². The SMILES string of the molecule is C[C@@H](O[Si](C)(C)C(C)(C)C)[C@H]1C(=O)N2[C@@H](C(=O)O)C(=O)[C@H](CCCO[Si](C)(C)C(C)(C)C)[C@H]12. The van der Waals surface area contributed by atoms with Crippen LogP contribution in [0.15, 0.2) is 0 Å². The van der Waals surface area contributed by atoms with E-state index >= 15 is 0 Å². The number of nitrogens with zero attached hydrogens (tertiary/aromatic N) is 1. The third-order valence-corrected chi connectivity index (χ3v) is 17.6. The number of rotatable bonds is 9. The van der Waals surface area contributed by atoms with Crippen molar-refractivity contribution in [1.29, 1.82) is 0 Å². The molecular weight excluding hydrogens is 454 g/mol. The van der Waals surface area contributed by atoms with Crippen molar-refractivity contribution in [1.82, 2.24) is 4.90 Å². The van der Waals surface area contributed by atoms with E-state index in [2.05, 4.69) is 67.7 Å². The minimum Gasteiger partial charge on any atom is -0.479 e.